The van der Waals surface area contributed by atoms with Gasteiger partial charge in [-0.2, -0.15) is 0 Å². The molecule has 0 saturated heterocycles. The fourth-order valence-electron chi connectivity index (χ4n) is 1.68. The largest absolute Gasteiger partial charge is 0.398 e. The molecule has 0 heterocycles. The van der Waals surface area contributed by atoms with E-state index in [2.05, 4.69) is 0 Å². The van der Waals surface area contributed by atoms with E-state index in [0.717, 1.165) is 0 Å². The second-order valence-corrected chi connectivity index (χ2v) is 4.34. The van der Waals surface area contributed by atoms with Crippen molar-refractivity contribution in [1.29, 1.82) is 0 Å². The van der Waals surface area contributed by atoms with Gasteiger partial charge >= 0.3 is 0 Å². The molecule has 0 radical (unpaired) electrons. The Hall–Kier alpha value is -1.87. The Balaban J connectivity index is 2.22. The van der Waals surface area contributed by atoms with Crippen LogP contribution in [0.3, 0.4) is 0 Å². The van der Waals surface area contributed by atoms with Crippen molar-refractivity contribution in [2.75, 3.05) is 5.73 Å². The van der Waals surface area contributed by atoms with Gasteiger partial charge in [0.2, 0.25) is 0 Å². The molecule has 2 rings (SSSR count). The summed E-state index contributed by atoms with van der Waals surface area (Å²) in [6.45, 7) is 0. The minimum Gasteiger partial charge on any atom is -0.398 e. The van der Waals surface area contributed by atoms with E-state index in [4.69, 9.17) is 17.3 Å². The molecule has 18 heavy (non-hydrogen) atoms. The molecule has 0 fully saturated rings. The monoisotopic (exact) mass is 263 g/mol. The van der Waals surface area contributed by atoms with Gasteiger partial charge in [-0.3, -0.25) is 4.79 Å². The number of hydrogen-bond donors (Lipinski definition) is 1. The lowest BCUT2D eigenvalue weighted by atomic mass is 10.0. The van der Waals surface area contributed by atoms with Crippen molar-refractivity contribution in [2.45, 2.75) is 6.42 Å². The lowest BCUT2D eigenvalue weighted by Crippen LogP contribution is -2.06. The van der Waals surface area contributed by atoms with E-state index >= 15 is 0 Å². The van der Waals surface area contributed by atoms with Crippen molar-refractivity contribution in [2.24, 2.45) is 0 Å². The number of carbonyl (C=O) groups excluding carboxylic acids is 1. The number of nitrogen functional groups attached to an aromatic ring is 1. The average Bonchev–Trinajstić information content (AvgIpc) is 2.34. The number of ketones is 1. The third-order valence-electron chi connectivity index (χ3n) is 2.61. The van der Waals surface area contributed by atoms with Gasteiger partial charge in [-0.1, -0.05) is 29.8 Å². The summed E-state index contributed by atoms with van der Waals surface area (Å²) in [5.41, 5.74) is 7.29. The molecule has 0 bridgehead atoms. The maximum atomic E-state index is 13.0. The molecule has 2 nitrogen and oxygen atoms in total. The molecule has 0 unspecified atom stereocenters. The number of para-hydroxylation sites is 1. The van der Waals surface area contributed by atoms with Crippen LogP contribution in [-0.2, 0) is 6.42 Å². The Bertz CT molecular complexity index is 598. The summed E-state index contributed by atoms with van der Waals surface area (Å²) >= 11 is 5.66. The van der Waals surface area contributed by atoms with Crippen molar-refractivity contribution in [3.63, 3.8) is 0 Å². The van der Waals surface area contributed by atoms with Crippen molar-refractivity contribution in [3.8, 4) is 0 Å². The maximum Gasteiger partial charge on any atom is 0.169 e. The number of anilines is 1. The highest BCUT2D eigenvalue weighted by Gasteiger charge is 2.11. The van der Waals surface area contributed by atoms with Gasteiger partial charge in [-0.25, -0.2) is 4.39 Å². The van der Waals surface area contributed by atoms with E-state index in [1.54, 1.807) is 24.3 Å². The summed E-state index contributed by atoms with van der Waals surface area (Å²) in [6, 6.07) is 11.1. The van der Waals surface area contributed by atoms with E-state index in [1.807, 2.05) is 0 Å². The van der Waals surface area contributed by atoms with Gasteiger partial charge in [0, 0.05) is 17.7 Å². The Labute approximate surface area is 109 Å². The van der Waals surface area contributed by atoms with Crippen molar-refractivity contribution < 1.29 is 9.18 Å². The van der Waals surface area contributed by atoms with Crippen LogP contribution in [0.15, 0.2) is 42.5 Å². The molecule has 0 aromatic heterocycles. The second kappa shape index (κ2) is 5.19. The molecule has 2 N–H and O–H groups in total. The zero-order chi connectivity index (χ0) is 13.1. The minimum absolute atomic E-state index is 0.0151. The molecule has 0 aliphatic heterocycles. The molecule has 2 aromatic carbocycles. The predicted molar refractivity (Wildman–Crippen MR) is 70.3 cm³/mol. The van der Waals surface area contributed by atoms with Gasteiger partial charge in [0.05, 0.1) is 5.02 Å². The smallest absolute Gasteiger partial charge is 0.169 e. The van der Waals surface area contributed by atoms with E-state index < -0.39 is 5.82 Å². The first-order valence-electron chi connectivity index (χ1n) is 5.39. The summed E-state index contributed by atoms with van der Waals surface area (Å²) in [6.07, 6.45) is 0.147. The van der Waals surface area contributed by atoms with Crippen molar-refractivity contribution in [3.05, 3.63) is 64.4 Å². The number of halogens is 2. The Morgan fingerprint density at radius 3 is 2.61 bits per heavy atom. The van der Waals surface area contributed by atoms with Crippen LogP contribution in [0.4, 0.5) is 10.1 Å². The van der Waals surface area contributed by atoms with E-state index in [1.165, 1.54) is 18.2 Å². The third kappa shape index (κ3) is 2.68. The maximum absolute atomic E-state index is 13.0. The molecule has 0 atom stereocenters. The summed E-state index contributed by atoms with van der Waals surface area (Å²) in [5, 5.41) is 0.0151. The van der Waals surface area contributed by atoms with Crippen LogP contribution in [0.25, 0.3) is 0 Å². The van der Waals surface area contributed by atoms with Crippen LogP contribution >= 0.6 is 11.6 Å². The fraction of sp³-hybridized carbons (Fsp3) is 0.0714. The number of nitrogens with two attached hydrogens (primary N) is 1. The lowest BCUT2D eigenvalue weighted by Gasteiger charge is -2.05. The quantitative estimate of drug-likeness (QED) is 0.680. The number of carbonyl (C=O) groups is 1. The number of benzene rings is 2. The molecular formula is C14H11ClFNO. The molecule has 4 heteroatoms. The fourth-order valence-corrected chi connectivity index (χ4v) is 1.88. The highest BCUT2D eigenvalue weighted by atomic mass is 35.5. The lowest BCUT2D eigenvalue weighted by molar-refractivity contribution is 0.0994. The second-order valence-electron chi connectivity index (χ2n) is 3.94. The van der Waals surface area contributed by atoms with Crippen LogP contribution in [0.1, 0.15) is 15.9 Å². The minimum atomic E-state index is -0.493. The highest BCUT2D eigenvalue weighted by Crippen LogP contribution is 2.19. The molecular weight excluding hydrogens is 253 g/mol. The normalized spacial score (nSPS) is 10.3. The molecule has 0 spiro atoms. The van der Waals surface area contributed by atoms with E-state index in [0.29, 0.717) is 16.8 Å². The molecule has 0 aliphatic rings. The summed E-state index contributed by atoms with van der Waals surface area (Å²) in [7, 11) is 0. The van der Waals surface area contributed by atoms with Crippen LogP contribution in [0, 0.1) is 5.82 Å². The molecule has 0 saturated carbocycles. The summed E-state index contributed by atoms with van der Waals surface area (Å²) in [5.74, 6) is -0.608. The Morgan fingerprint density at radius 2 is 1.94 bits per heavy atom. The number of rotatable bonds is 3. The zero-order valence-corrected chi connectivity index (χ0v) is 10.2. The first-order valence-corrected chi connectivity index (χ1v) is 5.77. The van der Waals surface area contributed by atoms with Gasteiger partial charge < -0.3 is 5.73 Å². The molecule has 92 valence electrons. The average molecular weight is 264 g/mol. The predicted octanol–water partition coefficient (Wildman–Crippen LogP) is 3.49. The van der Waals surface area contributed by atoms with Gasteiger partial charge in [0.1, 0.15) is 5.82 Å². The Morgan fingerprint density at radius 1 is 1.22 bits per heavy atom. The van der Waals surface area contributed by atoms with Crippen LogP contribution in [0.5, 0.6) is 0 Å². The summed E-state index contributed by atoms with van der Waals surface area (Å²) < 4.78 is 13.0. The summed E-state index contributed by atoms with van der Waals surface area (Å²) in [4.78, 5) is 12.0. The topological polar surface area (TPSA) is 43.1 Å². The standard InChI is InChI=1S/C14H11ClFNO/c15-11-7-9(5-6-12(11)16)8-14(18)10-3-1-2-4-13(10)17/h1-7H,8,17H2. The van der Waals surface area contributed by atoms with Gasteiger partial charge in [-0.15, -0.1) is 0 Å². The molecule has 2 aromatic rings. The van der Waals surface area contributed by atoms with Crippen molar-refractivity contribution >= 4 is 23.1 Å². The Kier molecular flexibility index (Phi) is 3.63. The number of hydrogen-bond acceptors (Lipinski definition) is 2. The SMILES string of the molecule is Nc1ccccc1C(=O)Cc1ccc(F)c(Cl)c1. The first kappa shape index (κ1) is 12.6. The van der Waals surface area contributed by atoms with Crippen molar-refractivity contribution in [1.82, 2.24) is 0 Å². The van der Waals surface area contributed by atoms with Crippen LogP contribution in [0.2, 0.25) is 5.02 Å². The molecule has 0 amide bonds. The zero-order valence-electron chi connectivity index (χ0n) is 9.49. The third-order valence-corrected chi connectivity index (χ3v) is 2.90. The highest BCUT2D eigenvalue weighted by molar-refractivity contribution is 6.30. The van der Waals surface area contributed by atoms with Gasteiger partial charge in [0.15, 0.2) is 5.78 Å². The van der Waals surface area contributed by atoms with E-state index in [9.17, 15) is 9.18 Å². The van der Waals surface area contributed by atoms with Crippen LogP contribution in [-0.4, -0.2) is 5.78 Å². The molecule has 0 aliphatic carbocycles. The number of Topliss-reactive ketones (excluding diaryl/α,β-unsaturated/α-hetero) is 1. The van der Waals surface area contributed by atoms with Gasteiger partial charge in [0.25, 0.3) is 0 Å². The van der Waals surface area contributed by atoms with Crippen LogP contribution < -0.4 is 5.73 Å². The first-order chi connectivity index (χ1) is 8.58. The van der Waals surface area contributed by atoms with Gasteiger partial charge in [-0.05, 0) is 29.8 Å². The van der Waals surface area contributed by atoms with E-state index in [-0.39, 0.29) is 17.2 Å².